The molecule has 3 rings (SSSR count). The second-order valence-electron chi connectivity index (χ2n) is 7.90. The number of nitrogens with zero attached hydrogens (tertiary/aromatic N) is 1. The summed E-state index contributed by atoms with van der Waals surface area (Å²) in [6.45, 7) is 3.31. The van der Waals surface area contributed by atoms with E-state index in [4.69, 9.17) is 13.7 Å². The average molecular weight is 517 g/mol. The molecular weight excluding hydrogens is 489 g/mol. The molecule has 35 heavy (non-hydrogen) atoms. The fourth-order valence-corrected chi connectivity index (χ4v) is 4.60. The number of urea groups is 1. The Hall–Kier alpha value is -2.99. The fraction of sp³-hybridized carbons (Fsp3) is 0.435. The molecule has 0 saturated carbocycles. The molecule has 2 aromatic carbocycles. The zero-order chi connectivity index (χ0) is 25.6. The summed E-state index contributed by atoms with van der Waals surface area (Å²) in [5.74, 6) is -0.150. The third kappa shape index (κ3) is 7.01. The lowest BCUT2D eigenvalue weighted by molar-refractivity contribution is -0.137. The number of methoxy groups -OCH3 is 1. The number of carbonyl (C=O) groups is 1. The standard InChI is InChI=1S/C23H27F3N2O6S/c1-3-27-22(29)28(15-18-7-5-11-33-18)14-16-9-10-20(32-2)21(12-16)34-35(30,31)19-8-4-6-17(13-19)23(24,25)26/h4,6,8-10,12-13,18H,3,5,7,11,14-15H2,1-2H3,(H,27,29)/t18-/m1/s1. The van der Waals surface area contributed by atoms with Crippen molar-refractivity contribution in [2.24, 2.45) is 0 Å². The third-order valence-corrected chi connectivity index (χ3v) is 6.54. The van der Waals surface area contributed by atoms with E-state index in [1.54, 1.807) is 17.9 Å². The van der Waals surface area contributed by atoms with Gasteiger partial charge in [-0.15, -0.1) is 0 Å². The van der Waals surface area contributed by atoms with Crippen LogP contribution in [0.5, 0.6) is 11.5 Å². The summed E-state index contributed by atoms with van der Waals surface area (Å²) in [7, 11) is -3.31. The maximum absolute atomic E-state index is 13.0. The van der Waals surface area contributed by atoms with Crippen LogP contribution in [0.25, 0.3) is 0 Å². The van der Waals surface area contributed by atoms with Gasteiger partial charge in [0.1, 0.15) is 4.90 Å². The van der Waals surface area contributed by atoms with Gasteiger partial charge in [-0.1, -0.05) is 12.1 Å². The maximum Gasteiger partial charge on any atom is 0.416 e. The minimum atomic E-state index is -4.71. The van der Waals surface area contributed by atoms with Crippen molar-refractivity contribution in [1.82, 2.24) is 10.2 Å². The molecule has 1 atom stereocenters. The van der Waals surface area contributed by atoms with Crippen molar-refractivity contribution in [1.29, 1.82) is 0 Å². The number of halogens is 3. The van der Waals surface area contributed by atoms with Crippen LogP contribution < -0.4 is 14.2 Å². The number of ether oxygens (including phenoxy) is 2. The highest BCUT2D eigenvalue weighted by Gasteiger charge is 2.32. The topological polar surface area (TPSA) is 94.2 Å². The molecular formula is C23H27F3N2O6S. The van der Waals surface area contributed by atoms with E-state index in [1.165, 1.54) is 19.2 Å². The van der Waals surface area contributed by atoms with Gasteiger partial charge in [0.25, 0.3) is 0 Å². The predicted octanol–water partition coefficient (Wildman–Crippen LogP) is 4.19. The minimum absolute atomic E-state index is 0.0630. The van der Waals surface area contributed by atoms with Crippen LogP contribution in [0.15, 0.2) is 47.4 Å². The summed E-state index contributed by atoms with van der Waals surface area (Å²) in [5.41, 5.74) is -0.584. The molecule has 0 bridgehead atoms. The van der Waals surface area contributed by atoms with E-state index in [1.807, 2.05) is 0 Å². The number of benzene rings is 2. The summed E-state index contributed by atoms with van der Waals surface area (Å²) in [6, 6.07) is 7.46. The molecule has 0 unspecified atom stereocenters. The van der Waals surface area contributed by atoms with Gasteiger partial charge in [-0.3, -0.25) is 0 Å². The van der Waals surface area contributed by atoms with Crippen LogP contribution in [0.3, 0.4) is 0 Å². The van der Waals surface area contributed by atoms with Gasteiger partial charge in [0.15, 0.2) is 11.5 Å². The molecule has 0 spiro atoms. The second-order valence-corrected chi connectivity index (χ2v) is 9.45. The summed E-state index contributed by atoms with van der Waals surface area (Å²) < 4.78 is 80.6. The van der Waals surface area contributed by atoms with Gasteiger partial charge in [0.2, 0.25) is 0 Å². The first-order chi connectivity index (χ1) is 16.5. The average Bonchev–Trinajstić information content (AvgIpc) is 3.31. The molecule has 1 N–H and O–H groups in total. The normalized spacial score (nSPS) is 16.1. The van der Waals surface area contributed by atoms with E-state index in [-0.39, 0.29) is 30.2 Å². The van der Waals surface area contributed by atoms with Gasteiger partial charge in [0.05, 0.1) is 18.8 Å². The number of hydrogen-bond donors (Lipinski definition) is 1. The molecule has 1 heterocycles. The maximum atomic E-state index is 13.0. The molecule has 1 fully saturated rings. The van der Waals surface area contributed by atoms with Crippen molar-refractivity contribution in [3.63, 3.8) is 0 Å². The Morgan fingerprint density at radius 3 is 2.60 bits per heavy atom. The van der Waals surface area contributed by atoms with Gasteiger partial charge in [-0.05, 0) is 55.7 Å². The number of carbonyl (C=O) groups excluding carboxylic acids is 1. The molecule has 192 valence electrons. The van der Waals surface area contributed by atoms with Crippen LogP contribution in [0.1, 0.15) is 30.9 Å². The Morgan fingerprint density at radius 2 is 1.97 bits per heavy atom. The Bertz CT molecular complexity index is 1130. The minimum Gasteiger partial charge on any atom is -0.493 e. The number of alkyl halides is 3. The highest BCUT2D eigenvalue weighted by molar-refractivity contribution is 7.87. The zero-order valence-corrected chi connectivity index (χ0v) is 20.1. The SMILES string of the molecule is CCNC(=O)N(Cc1ccc(OC)c(OS(=O)(=O)c2cccc(C(F)(F)F)c2)c1)C[C@H]1CCCO1. The van der Waals surface area contributed by atoms with Gasteiger partial charge in [-0.25, -0.2) is 4.79 Å². The van der Waals surface area contributed by atoms with E-state index in [9.17, 15) is 26.4 Å². The second kappa shape index (κ2) is 11.2. The Balaban J connectivity index is 1.86. The summed E-state index contributed by atoms with van der Waals surface area (Å²) >= 11 is 0. The Morgan fingerprint density at radius 1 is 1.20 bits per heavy atom. The summed E-state index contributed by atoms with van der Waals surface area (Å²) in [6.07, 6.45) is -3.09. The summed E-state index contributed by atoms with van der Waals surface area (Å²) in [4.78, 5) is 13.5. The molecule has 12 heteroatoms. The number of amides is 2. The van der Waals surface area contributed by atoms with Crippen molar-refractivity contribution < 1.29 is 40.0 Å². The van der Waals surface area contributed by atoms with Crippen LogP contribution in [-0.2, 0) is 27.6 Å². The predicted molar refractivity (Wildman–Crippen MR) is 121 cm³/mol. The highest BCUT2D eigenvalue weighted by atomic mass is 32.2. The molecule has 1 aliphatic heterocycles. The van der Waals surface area contributed by atoms with Crippen molar-refractivity contribution in [2.45, 2.75) is 43.5 Å². The van der Waals surface area contributed by atoms with Crippen LogP contribution in [0.4, 0.5) is 18.0 Å². The number of rotatable bonds is 9. The van der Waals surface area contributed by atoms with Crippen molar-refractivity contribution in [3.8, 4) is 11.5 Å². The third-order valence-electron chi connectivity index (χ3n) is 5.31. The molecule has 0 aromatic heterocycles. The molecule has 0 radical (unpaired) electrons. The lowest BCUT2D eigenvalue weighted by atomic mass is 10.1. The van der Waals surface area contributed by atoms with E-state index >= 15 is 0 Å². The largest absolute Gasteiger partial charge is 0.493 e. The first-order valence-corrected chi connectivity index (χ1v) is 12.4. The van der Waals surface area contributed by atoms with Crippen molar-refractivity contribution in [2.75, 3.05) is 26.8 Å². The quantitative estimate of drug-likeness (QED) is 0.503. The van der Waals surface area contributed by atoms with Crippen LogP contribution in [0.2, 0.25) is 0 Å². The lowest BCUT2D eigenvalue weighted by Gasteiger charge is -2.26. The first-order valence-electron chi connectivity index (χ1n) is 11.0. The molecule has 0 aliphatic carbocycles. The van der Waals surface area contributed by atoms with Gasteiger partial charge < -0.3 is 23.9 Å². The van der Waals surface area contributed by atoms with Gasteiger partial charge in [0, 0.05) is 26.2 Å². The fourth-order valence-electron chi connectivity index (χ4n) is 3.62. The summed E-state index contributed by atoms with van der Waals surface area (Å²) in [5, 5.41) is 2.74. The van der Waals surface area contributed by atoms with Gasteiger partial charge in [-0.2, -0.15) is 21.6 Å². The first kappa shape index (κ1) is 26.6. The molecule has 8 nitrogen and oxygen atoms in total. The van der Waals surface area contributed by atoms with Crippen molar-refractivity contribution in [3.05, 3.63) is 53.6 Å². The van der Waals surface area contributed by atoms with Crippen LogP contribution in [0, 0.1) is 0 Å². The Kier molecular flexibility index (Phi) is 8.49. The zero-order valence-electron chi connectivity index (χ0n) is 19.3. The monoisotopic (exact) mass is 516 g/mol. The Labute approximate surface area is 202 Å². The smallest absolute Gasteiger partial charge is 0.416 e. The molecule has 1 aliphatic rings. The molecule has 2 amide bonds. The lowest BCUT2D eigenvalue weighted by Crippen LogP contribution is -2.43. The van der Waals surface area contributed by atoms with Crippen LogP contribution in [-0.4, -0.2) is 52.3 Å². The van der Waals surface area contributed by atoms with E-state index in [0.29, 0.717) is 31.3 Å². The molecule has 1 saturated heterocycles. The number of hydrogen-bond acceptors (Lipinski definition) is 6. The number of nitrogens with one attached hydrogen (secondary N) is 1. The van der Waals surface area contributed by atoms with Crippen molar-refractivity contribution >= 4 is 16.1 Å². The van der Waals surface area contributed by atoms with E-state index in [2.05, 4.69) is 5.32 Å². The van der Waals surface area contributed by atoms with Gasteiger partial charge >= 0.3 is 22.3 Å². The van der Waals surface area contributed by atoms with Crippen LogP contribution >= 0.6 is 0 Å². The highest BCUT2D eigenvalue weighted by Crippen LogP contribution is 2.34. The van der Waals surface area contributed by atoms with E-state index in [0.717, 1.165) is 31.0 Å². The van der Waals surface area contributed by atoms with E-state index < -0.39 is 26.8 Å². The molecule has 2 aromatic rings.